The largest absolute Gasteiger partial charge is 0.444 e. The zero-order valence-electron chi connectivity index (χ0n) is 17.6. The summed E-state index contributed by atoms with van der Waals surface area (Å²) in [7, 11) is 0. The van der Waals surface area contributed by atoms with Gasteiger partial charge < -0.3 is 15.0 Å². The van der Waals surface area contributed by atoms with E-state index < -0.39 is 11.7 Å². The highest BCUT2D eigenvalue weighted by Gasteiger charge is 2.18. The number of aromatic nitrogens is 1. The molecule has 4 rings (SSSR count). The molecule has 0 spiro atoms. The zero-order chi connectivity index (χ0) is 21.3. The molecule has 1 saturated carbocycles. The highest BCUT2D eigenvalue weighted by Crippen LogP contribution is 2.34. The van der Waals surface area contributed by atoms with Crippen LogP contribution in [0.5, 0.6) is 0 Å². The highest BCUT2D eigenvalue weighted by atomic mass is 35.5. The molecule has 0 aliphatic heterocycles. The molecule has 1 aromatic heterocycles. The Morgan fingerprint density at radius 3 is 2.47 bits per heavy atom. The summed E-state index contributed by atoms with van der Waals surface area (Å²) in [6.07, 6.45) is 4.50. The van der Waals surface area contributed by atoms with Crippen molar-refractivity contribution in [2.75, 3.05) is 10.6 Å². The monoisotopic (exact) mass is 425 g/mol. The normalized spacial score (nSPS) is 14.8. The number of hydrogen-bond donors (Lipinski definition) is 3. The quantitative estimate of drug-likeness (QED) is 0.414. The fourth-order valence-electron chi connectivity index (χ4n) is 3.92. The maximum atomic E-state index is 12.0. The van der Waals surface area contributed by atoms with Gasteiger partial charge in [-0.15, -0.1) is 0 Å². The van der Waals surface area contributed by atoms with Gasteiger partial charge in [-0.2, -0.15) is 0 Å². The first kappa shape index (κ1) is 20.6. The Labute approximate surface area is 182 Å². The zero-order valence-corrected chi connectivity index (χ0v) is 18.4. The smallest absolute Gasteiger partial charge is 0.412 e. The summed E-state index contributed by atoms with van der Waals surface area (Å²) in [5.41, 5.74) is 4.32. The van der Waals surface area contributed by atoms with E-state index in [0.29, 0.717) is 11.7 Å². The first-order valence-corrected chi connectivity index (χ1v) is 10.8. The number of hydrogen-bond acceptors (Lipinski definition) is 3. The van der Waals surface area contributed by atoms with Crippen LogP contribution < -0.4 is 10.6 Å². The van der Waals surface area contributed by atoms with Gasteiger partial charge in [-0.25, -0.2) is 4.79 Å². The standard InChI is InChI=1S/C24H28ClN3O2/c1-24(2,3)30-23(29)27-19-10-8-15(9-11-19)20-13-16-12-17(25)14-21(22(16)28-20)26-18-6-4-5-7-18/h8-14,18,26,28H,4-7H2,1-3H3,(H,27,29). The third-order valence-corrected chi connectivity index (χ3v) is 5.47. The number of anilines is 2. The maximum Gasteiger partial charge on any atom is 0.412 e. The van der Waals surface area contributed by atoms with E-state index in [2.05, 4.69) is 21.7 Å². The minimum absolute atomic E-state index is 0.460. The molecule has 5 nitrogen and oxygen atoms in total. The van der Waals surface area contributed by atoms with Crippen molar-refractivity contribution in [1.82, 2.24) is 4.98 Å². The molecule has 0 bridgehead atoms. The van der Waals surface area contributed by atoms with Crippen molar-refractivity contribution in [3.8, 4) is 11.3 Å². The predicted octanol–water partition coefficient (Wildman–Crippen LogP) is 7.19. The molecule has 0 saturated heterocycles. The van der Waals surface area contributed by atoms with Crippen LogP contribution >= 0.6 is 11.6 Å². The summed E-state index contributed by atoms with van der Waals surface area (Å²) in [5.74, 6) is 0. The maximum absolute atomic E-state index is 12.0. The van der Waals surface area contributed by atoms with Gasteiger partial charge in [0, 0.05) is 27.8 Å². The molecule has 0 unspecified atom stereocenters. The number of H-pyrrole nitrogens is 1. The van der Waals surface area contributed by atoms with Crippen molar-refractivity contribution in [2.45, 2.75) is 58.1 Å². The van der Waals surface area contributed by atoms with Crippen LogP contribution in [0.15, 0.2) is 42.5 Å². The lowest BCUT2D eigenvalue weighted by Gasteiger charge is -2.19. The van der Waals surface area contributed by atoms with Crippen molar-refractivity contribution < 1.29 is 9.53 Å². The lowest BCUT2D eigenvalue weighted by molar-refractivity contribution is 0.0636. The molecule has 1 fully saturated rings. The minimum Gasteiger partial charge on any atom is -0.444 e. The molecular formula is C24H28ClN3O2. The molecule has 6 heteroatoms. The van der Waals surface area contributed by atoms with Crippen LogP contribution in [0.1, 0.15) is 46.5 Å². The van der Waals surface area contributed by atoms with Crippen molar-refractivity contribution in [3.05, 3.63) is 47.5 Å². The Hall–Kier alpha value is -2.66. The van der Waals surface area contributed by atoms with Crippen LogP contribution in [0.2, 0.25) is 5.02 Å². The fourth-order valence-corrected chi connectivity index (χ4v) is 4.15. The van der Waals surface area contributed by atoms with Gasteiger partial charge >= 0.3 is 6.09 Å². The molecule has 2 aromatic carbocycles. The Bertz CT molecular complexity index is 1040. The molecule has 0 atom stereocenters. The van der Waals surface area contributed by atoms with E-state index in [1.54, 1.807) is 0 Å². The van der Waals surface area contributed by atoms with Crippen LogP contribution in [0.4, 0.5) is 16.2 Å². The van der Waals surface area contributed by atoms with Crippen molar-refractivity contribution in [2.24, 2.45) is 0 Å². The summed E-state index contributed by atoms with van der Waals surface area (Å²) >= 11 is 6.37. The number of carbonyl (C=O) groups is 1. The Morgan fingerprint density at radius 2 is 1.80 bits per heavy atom. The van der Waals surface area contributed by atoms with Crippen LogP contribution in [0, 0.1) is 0 Å². The van der Waals surface area contributed by atoms with Gasteiger partial charge in [-0.05, 0) is 69.5 Å². The SMILES string of the molecule is CC(C)(C)OC(=O)Nc1ccc(-c2cc3cc(Cl)cc(NC4CCCC4)c3[nH]2)cc1. The lowest BCUT2D eigenvalue weighted by atomic mass is 10.1. The van der Waals surface area contributed by atoms with E-state index in [1.165, 1.54) is 25.7 Å². The second-order valence-electron chi connectivity index (χ2n) is 8.93. The van der Waals surface area contributed by atoms with E-state index in [0.717, 1.165) is 32.9 Å². The summed E-state index contributed by atoms with van der Waals surface area (Å²) in [6.45, 7) is 5.52. The fraction of sp³-hybridized carbons (Fsp3) is 0.375. The van der Waals surface area contributed by atoms with Crippen molar-refractivity contribution >= 4 is 40.0 Å². The van der Waals surface area contributed by atoms with Gasteiger partial charge in [0.1, 0.15) is 5.60 Å². The molecule has 3 aromatic rings. The van der Waals surface area contributed by atoms with Crippen LogP contribution in [-0.2, 0) is 4.74 Å². The van der Waals surface area contributed by atoms with Crippen LogP contribution in [0.3, 0.4) is 0 Å². The molecular weight excluding hydrogens is 398 g/mol. The number of aromatic amines is 1. The predicted molar refractivity (Wildman–Crippen MR) is 124 cm³/mol. The van der Waals surface area contributed by atoms with Gasteiger partial charge in [-0.1, -0.05) is 36.6 Å². The summed E-state index contributed by atoms with van der Waals surface area (Å²) < 4.78 is 5.30. The van der Waals surface area contributed by atoms with Gasteiger partial charge in [0.2, 0.25) is 0 Å². The first-order chi connectivity index (χ1) is 14.3. The number of halogens is 1. The first-order valence-electron chi connectivity index (χ1n) is 10.5. The van der Waals surface area contributed by atoms with Gasteiger partial charge in [0.25, 0.3) is 0 Å². The average Bonchev–Trinajstić information content (AvgIpc) is 3.30. The molecule has 1 aliphatic rings. The van der Waals surface area contributed by atoms with E-state index in [9.17, 15) is 4.79 Å². The number of ether oxygens (including phenoxy) is 1. The molecule has 0 radical (unpaired) electrons. The second-order valence-corrected chi connectivity index (χ2v) is 9.37. The minimum atomic E-state index is -0.528. The third-order valence-electron chi connectivity index (χ3n) is 5.25. The topological polar surface area (TPSA) is 66.2 Å². The number of carbonyl (C=O) groups excluding carboxylic acids is 1. The van der Waals surface area contributed by atoms with Gasteiger partial charge in [-0.3, -0.25) is 5.32 Å². The summed E-state index contributed by atoms with van der Waals surface area (Å²) in [4.78, 5) is 15.5. The Morgan fingerprint density at radius 1 is 1.10 bits per heavy atom. The van der Waals surface area contributed by atoms with E-state index in [-0.39, 0.29) is 0 Å². The molecule has 1 aliphatic carbocycles. The number of rotatable bonds is 4. The summed E-state index contributed by atoms with van der Waals surface area (Å²) in [5, 5.41) is 8.23. The van der Waals surface area contributed by atoms with Crippen LogP contribution in [-0.4, -0.2) is 22.7 Å². The van der Waals surface area contributed by atoms with E-state index in [4.69, 9.17) is 16.3 Å². The molecule has 3 N–H and O–H groups in total. The van der Waals surface area contributed by atoms with Gasteiger partial charge in [0.15, 0.2) is 0 Å². The molecule has 158 valence electrons. The van der Waals surface area contributed by atoms with Crippen molar-refractivity contribution in [1.29, 1.82) is 0 Å². The third kappa shape index (κ3) is 4.90. The summed E-state index contributed by atoms with van der Waals surface area (Å²) in [6, 6.07) is 14.3. The molecule has 1 amide bonds. The Balaban J connectivity index is 1.55. The van der Waals surface area contributed by atoms with Gasteiger partial charge in [0.05, 0.1) is 11.2 Å². The lowest BCUT2D eigenvalue weighted by Crippen LogP contribution is -2.27. The molecule has 1 heterocycles. The number of benzene rings is 2. The number of amides is 1. The number of fused-ring (bicyclic) bond motifs is 1. The van der Waals surface area contributed by atoms with Crippen LogP contribution in [0.25, 0.3) is 22.2 Å². The van der Waals surface area contributed by atoms with Crippen molar-refractivity contribution in [3.63, 3.8) is 0 Å². The number of nitrogens with one attached hydrogen (secondary N) is 3. The average molecular weight is 426 g/mol. The van der Waals surface area contributed by atoms with E-state index >= 15 is 0 Å². The van der Waals surface area contributed by atoms with E-state index in [1.807, 2.05) is 57.2 Å². The molecule has 30 heavy (non-hydrogen) atoms. The highest BCUT2D eigenvalue weighted by molar-refractivity contribution is 6.32. The second kappa shape index (κ2) is 8.23. The Kier molecular flexibility index (Phi) is 5.65.